The van der Waals surface area contributed by atoms with E-state index in [2.05, 4.69) is 0 Å². The van der Waals surface area contributed by atoms with Crippen molar-refractivity contribution in [1.29, 1.82) is 0 Å². The number of hydrogen-bond acceptors (Lipinski definition) is 4. The van der Waals surface area contributed by atoms with Gasteiger partial charge in [-0.1, -0.05) is 18.2 Å². The second kappa shape index (κ2) is 6.26. The van der Waals surface area contributed by atoms with Gasteiger partial charge in [0.25, 0.3) is 5.91 Å². The molecule has 6 heteroatoms. The van der Waals surface area contributed by atoms with Crippen molar-refractivity contribution < 1.29 is 17.9 Å². The van der Waals surface area contributed by atoms with Gasteiger partial charge in [0.2, 0.25) is 0 Å². The van der Waals surface area contributed by atoms with Crippen LogP contribution in [0.4, 0.5) is 0 Å². The van der Waals surface area contributed by atoms with E-state index in [1.165, 1.54) is 0 Å². The van der Waals surface area contributed by atoms with Crippen LogP contribution in [0, 0.1) is 0 Å². The lowest BCUT2D eigenvalue weighted by atomic mass is 10.2. The molecule has 1 unspecified atom stereocenters. The third kappa shape index (κ3) is 3.72. The van der Waals surface area contributed by atoms with Crippen LogP contribution in [0.3, 0.4) is 0 Å². The minimum atomic E-state index is -2.99. The summed E-state index contributed by atoms with van der Waals surface area (Å²) >= 11 is 0. The fourth-order valence-electron chi connectivity index (χ4n) is 2.40. The summed E-state index contributed by atoms with van der Waals surface area (Å²) in [5.74, 6) is 0.702. The van der Waals surface area contributed by atoms with Gasteiger partial charge in [-0.25, -0.2) is 8.42 Å². The maximum atomic E-state index is 12.2. The van der Waals surface area contributed by atoms with E-state index in [0.29, 0.717) is 18.7 Å². The number of likely N-dealkylation sites (N-methyl/N-ethyl adjacent to an activating group) is 1. The van der Waals surface area contributed by atoms with E-state index in [-0.39, 0.29) is 30.1 Å². The highest BCUT2D eigenvalue weighted by Crippen LogP contribution is 2.18. The molecule has 2 rings (SSSR count). The summed E-state index contributed by atoms with van der Waals surface area (Å²) in [6.07, 6.45) is 0.521. The maximum Gasteiger partial charge on any atom is 0.260 e. The minimum absolute atomic E-state index is 0.0611. The molecule has 0 aromatic heterocycles. The number of benzene rings is 1. The van der Waals surface area contributed by atoms with Crippen molar-refractivity contribution in [3.05, 3.63) is 30.3 Å². The summed E-state index contributed by atoms with van der Waals surface area (Å²) in [5.41, 5.74) is 0. The van der Waals surface area contributed by atoms with Crippen LogP contribution in [0.5, 0.6) is 5.75 Å². The molecule has 0 spiro atoms. The molecule has 1 aromatic rings. The van der Waals surface area contributed by atoms with Crippen LogP contribution in [-0.4, -0.2) is 49.9 Å². The molecule has 1 saturated heterocycles. The molecule has 0 bridgehead atoms. The van der Waals surface area contributed by atoms with Gasteiger partial charge in [0.05, 0.1) is 11.5 Å². The third-order valence-corrected chi connectivity index (χ3v) is 5.17. The van der Waals surface area contributed by atoms with E-state index in [1.807, 2.05) is 25.1 Å². The molecule has 0 saturated carbocycles. The Morgan fingerprint density at radius 3 is 2.60 bits per heavy atom. The smallest absolute Gasteiger partial charge is 0.260 e. The van der Waals surface area contributed by atoms with Gasteiger partial charge in [0.15, 0.2) is 16.4 Å². The van der Waals surface area contributed by atoms with Crippen LogP contribution in [0.1, 0.15) is 13.3 Å². The normalized spacial score (nSPS) is 20.6. The molecule has 0 N–H and O–H groups in total. The highest BCUT2D eigenvalue weighted by molar-refractivity contribution is 7.91. The number of hydrogen-bond donors (Lipinski definition) is 0. The van der Waals surface area contributed by atoms with Gasteiger partial charge in [-0.2, -0.15) is 0 Å². The van der Waals surface area contributed by atoms with Gasteiger partial charge in [-0.05, 0) is 25.5 Å². The summed E-state index contributed by atoms with van der Waals surface area (Å²) in [4.78, 5) is 13.8. The van der Waals surface area contributed by atoms with Crippen molar-refractivity contribution in [3.8, 4) is 5.75 Å². The lowest BCUT2D eigenvalue weighted by Crippen LogP contribution is -2.43. The average molecular weight is 297 g/mol. The third-order valence-electron chi connectivity index (χ3n) is 3.42. The SMILES string of the molecule is CCN(C(=O)COc1ccccc1)C1CCS(=O)(=O)C1. The standard InChI is InChI=1S/C14H19NO4S/c1-2-15(12-8-9-20(17,18)11-12)14(16)10-19-13-6-4-3-5-7-13/h3-7,12H,2,8-11H2,1H3. The first kappa shape index (κ1) is 14.8. The number of carbonyl (C=O) groups is 1. The van der Waals surface area contributed by atoms with Gasteiger partial charge in [0.1, 0.15) is 5.75 Å². The Hall–Kier alpha value is -1.56. The summed E-state index contributed by atoms with van der Waals surface area (Å²) < 4.78 is 28.4. The molecule has 1 aliphatic rings. The molecule has 1 fully saturated rings. The van der Waals surface area contributed by atoms with Gasteiger partial charge in [-0.15, -0.1) is 0 Å². The zero-order valence-corrected chi connectivity index (χ0v) is 12.3. The van der Waals surface area contributed by atoms with Crippen molar-refractivity contribution in [3.63, 3.8) is 0 Å². The first-order valence-corrected chi connectivity index (χ1v) is 8.51. The minimum Gasteiger partial charge on any atom is -0.484 e. The topological polar surface area (TPSA) is 63.7 Å². The second-order valence-corrected chi connectivity index (χ2v) is 7.07. The molecule has 0 radical (unpaired) electrons. The van der Waals surface area contributed by atoms with Crippen molar-refractivity contribution in [2.75, 3.05) is 24.7 Å². The number of para-hydroxylation sites is 1. The lowest BCUT2D eigenvalue weighted by Gasteiger charge is -2.26. The van der Waals surface area contributed by atoms with Crippen molar-refractivity contribution in [2.24, 2.45) is 0 Å². The summed E-state index contributed by atoms with van der Waals surface area (Å²) in [5, 5.41) is 0. The Bertz CT molecular complexity index is 556. The Morgan fingerprint density at radius 2 is 2.05 bits per heavy atom. The van der Waals surface area contributed by atoms with Gasteiger partial charge < -0.3 is 9.64 Å². The zero-order chi connectivity index (χ0) is 14.6. The summed E-state index contributed by atoms with van der Waals surface area (Å²) in [7, 11) is -2.99. The molecular weight excluding hydrogens is 278 g/mol. The van der Waals surface area contributed by atoms with Gasteiger partial charge in [-0.3, -0.25) is 4.79 Å². The molecule has 110 valence electrons. The number of rotatable bonds is 5. The molecular formula is C14H19NO4S. The van der Waals surface area contributed by atoms with Crippen molar-refractivity contribution >= 4 is 15.7 Å². The van der Waals surface area contributed by atoms with E-state index in [0.717, 1.165) is 0 Å². The second-order valence-electron chi connectivity index (χ2n) is 4.84. The quantitative estimate of drug-likeness (QED) is 0.816. The molecule has 1 heterocycles. The highest BCUT2D eigenvalue weighted by Gasteiger charge is 2.33. The Labute approximate surface area is 119 Å². The maximum absolute atomic E-state index is 12.2. The first-order chi connectivity index (χ1) is 9.52. The molecule has 1 atom stereocenters. The predicted molar refractivity (Wildman–Crippen MR) is 76.4 cm³/mol. The average Bonchev–Trinajstić information content (AvgIpc) is 2.78. The molecule has 1 amide bonds. The van der Waals surface area contributed by atoms with Crippen LogP contribution in [-0.2, 0) is 14.6 Å². The first-order valence-electron chi connectivity index (χ1n) is 6.69. The fraction of sp³-hybridized carbons (Fsp3) is 0.500. The van der Waals surface area contributed by atoms with E-state index >= 15 is 0 Å². The zero-order valence-electron chi connectivity index (χ0n) is 11.5. The van der Waals surface area contributed by atoms with E-state index in [9.17, 15) is 13.2 Å². The summed E-state index contributed by atoms with van der Waals surface area (Å²) in [6.45, 7) is 2.29. The molecule has 1 aliphatic heterocycles. The number of amides is 1. The Morgan fingerprint density at radius 1 is 1.35 bits per heavy atom. The largest absolute Gasteiger partial charge is 0.484 e. The number of sulfone groups is 1. The van der Waals surface area contributed by atoms with E-state index < -0.39 is 9.84 Å². The van der Waals surface area contributed by atoms with E-state index in [1.54, 1.807) is 17.0 Å². The number of carbonyl (C=O) groups excluding carboxylic acids is 1. The predicted octanol–water partition coefficient (Wildman–Crippen LogP) is 1.10. The fourth-order valence-corrected chi connectivity index (χ4v) is 4.13. The Balaban J connectivity index is 1.93. The van der Waals surface area contributed by atoms with Crippen molar-refractivity contribution in [1.82, 2.24) is 4.90 Å². The molecule has 1 aromatic carbocycles. The van der Waals surface area contributed by atoms with Crippen LogP contribution in [0.15, 0.2) is 30.3 Å². The van der Waals surface area contributed by atoms with E-state index in [4.69, 9.17) is 4.74 Å². The van der Waals surface area contributed by atoms with Gasteiger partial charge >= 0.3 is 0 Å². The summed E-state index contributed by atoms with van der Waals surface area (Å²) in [6, 6.07) is 8.89. The number of nitrogens with zero attached hydrogens (tertiary/aromatic N) is 1. The molecule has 0 aliphatic carbocycles. The highest BCUT2D eigenvalue weighted by atomic mass is 32.2. The Kier molecular flexibility index (Phi) is 4.65. The molecule has 20 heavy (non-hydrogen) atoms. The van der Waals surface area contributed by atoms with Gasteiger partial charge in [0, 0.05) is 12.6 Å². The molecule has 5 nitrogen and oxygen atoms in total. The monoisotopic (exact) mass is 297 g/mol. The van der Waals surface area contributed by atoms with Crippen LogP contribution in [0.25, 0.3) is 0 Å². The van der Waals surface area contributed by atoms with Crippen LogP contribution < -0.4 is 4.74 Å². The van der Waals surface area contributed by atoms with Crippen LogP contribution in [0.2, 0.25) is 0 Å². The number of ether oxygens (including phenoxy) is 1. The van der Waals surface area contributed by atoms with Crippen molar-refractivity contribution in [2.45, 2.75) is 19.4 Å². The lowest BCUT2D eigenvalue weighted by molar-refractivity contribution is -0.135. The van der Waals surface area contributed by atoms with Crippen LogP contribution >= 0.6 is 0 Å².